The lowest BCUT2D eigenvalue weighted by Crippen LogP contribution is -2.43. The highest BCUT2D eigenvalue weighted by molar-refractivity contribution is 5.93. The number of ether oxygens (including phenoxy) is 1. The molecule has 3 aromatic rings. The number of hydrogen-bond acceptors (Lipinski definition) is 5. The van der Waals surface area contributed by atoms with Crippen LogP contribution in [0.25, 0.3) is 23.0 Å². The second kappa shape index (κ2) is 10.5. The fraction of sp³-hybridized carbons (Fsp3) is 0.280. The highest BCUT2D eigenvalue weighted by Crippen LogP contribution is 2.24. The molecule has 7 nitrogen and oxygen atoms in total. The molecule has 0 aliphatic carbocycles. The van der Waals surface area contributed by atoms with Crippen molar-refractivity contribution in [2.24, 2.45) is 0 Å². The number of hydrogen-bond donors (Lipinski definition) is 0. The van der Waals surface area contributed by atoms with E-state index in [1.807, 2.05) is 48.7 Å². The minimum absolute atomic E-state index is 0.0964. The van der Waals surface area contributed by atoms with Gasteiger partial charge in [-0.15, -0.1) is 0 Å². The van der Waals surface area contributed by atoms with Gasteiger partial charge in [0.25, 0.3) is 0 Å². The zero-order chi connectivity index (χ0) is 22.2. The number of rotatable bonds is 7. The molecule has 2 aromatic heterocycles. The van der Waals surface area contributed by atoms with E-state index < -0.39 is 0 Å². The summed E-state index contributed by atoms with van der Waals surface area (Å²) in [5, 5.41) is 13.8. The molecule has 1 amide bonds. The monoisotopic (exact) mass is 427 g/mol. The number of carbonyl (C=O) groups is 1. The molecule has 32 heavy (non-hydrogen) atoms. The van der Waals surface area contributed by atoms with Crippen LogP contribution in [0.5, 0.6) is 0 Å². The quantitative estimate of drug-likeness (QED) is 0.535. The van der Waals surface area contributed by atoms with Crippen molar-refractivity contribution in [1.29, 1.82) is 5.26 Å². The molecule has 4 rings (SSSR count). The summed E-state index contributed by atoms with van der Waals surface area (Å²) in [6.45, 7) is 1.70. The molecule has 1 saturated heterocycles. The Hall–Kier alpha value is -3.76. The Morgan fingerprint density at radius 1 is 1.22 bits per heavy atom. The van der Waals surface area contributed by atoms with Crippen LogP contribution < -0.4 is 0 Å². The molecule has 7 heteroatoms. The van der Waals surface area contributed by atoms with Crippen LogP contribution in [0.2, 0.25) is 0 Å². The van der Waals surface area contributed by atoms with Crippen LogP contribution in [-0.4, -0.2) is 51.4 Å². The Balaban J connectivity index is 1.63. The molecule has 0 saturated carbocycles. The van der Waals surface area contributed by atoms with Crippen molar-refractivity contribution < 1.29 is 9.53 Å². The second-order valence-corrected chi connectivity index (χ2v) is 7.57. The molecule has 1 aromatic carbocycles. The minimum atomic E-state index is -0.100. The van der Waals surface area contributed by atoms with Gasteiger partial charge in [0.05, 0.1) is 18.2 Å². The number of pyridine rings is 1. The number of carbonyl (C=O) groups excluding carboxylic acids is 1. The van der Waals surface area contributed by atoms with Crippen molar-refractivity contribution >= 4 is 12.0 Å². The number of benzene rings is 1. The van der Waals surface area contributed by atoms with E-state index in [2.05, 4.69) is 11.1 Å². The summed E-state index contributed by atoms with van der Waals surface area (Å²) < 4.78 is 7.24. The predicted octanol–water partition coefficient (Wildman–Crippen LogP) is 3.87. The summed E-state index contributed by atoms with van der Waals surface area (Å²) in [4.78, 5) is 19.1. The van der Waals surface area contributed by atoms with E-state index in [-0.39, 0.29) is 11.9 Å². The molecule has 0 spiro atoms. The molecule has 3 heterocycles. The lowest BCUT2D eigenvalue weighted by Gasteiger charge is -2.33. The summed E-state index contributed by atoms with van der Waals surface area (Å²) >= 11 is 0. The van der Waals surface area contributed by atoms with Crippen molar-refractivity contribution in [2.75, 3.05) is 19.8 Å². The van der Waals surface area contributed by atoms with E-state index in [4.69, 9.17) is 15.1 Å². The molecular weight excluding hydrogens is 402 g/mol. The largest absolute Gasteiger partial charge is 0.381 e. The molecule has 1 aliphatic heterocycles. The van der Waals surface area contributed by atoms with Crippen molar-refractivity contribution in [3.63, 3.8) is 0 Å². The van der Waals surface area contributed by atoms with Crippen LogP contribution in [-0.2, 0) is 9.53 Å². The van der Waals surface area contributed by atoms with Crippen LogP contribution in [0.3, 0.4) is 0 Å². The number of para-hydroxylation sites is 1. The first-order valence-corrected chi connectivity index (χ1v) is 10.7. The first kappa shape index (κ1) is 21.5. The van der Waals surface area contributed by atoms with Gasteiger partial charge in [0.2, 0.25) is 5.91 Å². The van der Waals surface area contributed by atoms with Crippen molar-refractivity contribution in [3.8, 4) is 23.0 Å². The zero-order valence-corrected chi connectivity index (χ0v) is 17.8. The summed E-state index contributed by atoms with van der Waals surface area (Å²) in [7, 11) is 0. The molecule has 162 valence electrons. The Morgan fingerprint density at radius 3 is 2.75 bits per heavy atom. The first-order valence-electron chi connectivity index (χ1n) is 10.7. The van der Waals surface area contributed by atoms with Gasteiger partial charge in [0.15, 0.2) is 0 Å². The van der Waals surface area contributed by atoms with Crippen molar-refractivity contribution in [1.82, 2.24) is 19.7 Å². The van der Waals surface area contributed by atoms with E-state index in [9.17, 15) is 4.79 Å². The lowest BCUT2D eigenvalue weighted by molar-refractivity contribution is -0.130. The van der Waals surface area contributed by atoms with Gasteiger partial charge in [0.1, 0.15) is 5.69 Å². The smallest absolute Gasteiger partial charge is 0.246 e. The molecule has 0 N–H and O–H groups in total. The molecular formula is C25H25N5O2. The summed E-state index contributed by atoms with van der Waals surface area (Å²) in [6, 6.07) is 15.9. The van der Waals surface area contributed by atoms with E-state index in [0.29, 0.717) is 26.2 Å². The summed E-state index contributed by atoms with van der Waals surface area (Å²) in [5.41, 5.74) is 3.38. The van der Waals surface area contributed by atoms with Gasteiger partial charge in [-0.25, -0.2) is 4.68 Å². The number of nitriles is 1. The second-order valence-electron chi connectivity index (χ2n) is 7.57. The van der Waals surface area contributed by atoms with E-state index in [0.717, 1.165) is 35.3 Å². The van der Waals surface area contributed by atoms with Gasteiger partial charge in [-0.1, -0.05) is 18.2 Å². The zero-order valence-electron chi connectivity index (χ0n) is 17.8. The van der Waals surface area contributed by atoms with Gasteiger partial charge >= 0.3 is 0 Å². The first-order chi connectivity index (χ1) is 15.8. The van der Waals surface area contributed by atoms with Crippen molar-refractivity contribution in [3.05, 3.63) is 72.7 Å². The highest BCUT2D eigenvalue weighted by Gasteiger charge is 2.24. The van der Waals surface area contributed by atoms with Crippen LogP contribution in [0, 0.1) is 11.3 Å². The Labute approximate surface area is 187 Å². The van der Waals surface area contributed by atoms with E-state index in [1.54, 1.807) is 34.1 Å². The molecule has 0 radical (unpaired) electrons. The Bertz CT molecular complexity index is 1100. The fourth-order valence-corrected chi connectivity index (χ4v) is 3.85. The summed E-state index contributed by atoms with van der Waals surface area (Å²) in [5.74, 6) is -0.100. The third kappa shape index (κ3) is 5.10. The maximum absolute atomic E-state index is 13.1. The molecule has 1 aliphatic rings. The van der Waals surface area contributed by atoms with Crippen molar-refractivity contribution in [2.45, 2.75) is 25.3 Å². The lowest BCUT2D eigenvalue weighted by atomic mass is 10.1. The Morgan fingerprint density at radius 2 is 2.03 bits per heavy atom. The predicted molar refractivity (Wildman–Crippen MR) is 122 cm³/mol. The highest BCUT2D eigenvalue weighted by atomic mass is 16.5. The maximum atomic E-state index is 13.1. The van der Waals surface area contributed by atoms with Crippen LogP contribution in [0.1, 0.15) is 24.8 Å². The number of nitrogens with zero attached hydrogens (tertiary/aromatic N) is 5. The van der Waals surface area contributed by atoms with Crippen LogP contribution >= 0.6 is 0 Å². The molecule has 0 unspecified atom stereocenters. The Kier molecular flexibility index (Phi) is 7.05. The third-order valence-electron chi connectivity index (χ3n) is 5.48. The third-order valence-corrected chi connectivity index (χ3v) is 5.48. The fourth-order valence-electron chi connectivity index (χ4n) is 3.85. The van der Waals surface area contributed by atoms with Gasteiger partial charge in [-0.05, 0) is 43.2 Å². The average Bonchev–Trinajstić information content (AvgIpc) is 3.29. The minimum Gasteiger partial charge on any atom is -0.381 e. The SMILES string of the molecule is N#CCCN(C(=O)/C=C/c1cn(-c2ccccc2)nc1-c1cccnc1)C1CCOCC1. The summed E-state index contributed by atoms with van der Waals surface area (Å²) in [6.07, 6.45) is 10.7. The topological polar surface area (TPSA) is 84.0 Å². The standard InChI is InChI=1S/C25H25N5O2/c26-13-5-15-29(22-11-16-32-17-12-22)24(31)10-9-21-19-30(23-7-2-1-3-8-23)28-25(21)20-6-4-14-27-18-20/h1-4,6-10,14,18-19,22H,5,11-12,15-17H2/b10-9+. The van der Waals surface area contributed by atoms with Gasteiger partial charge in [-0.2, -0.15) is 10.4 Å². The van der Waals surface area contributed by atoms with Crippen LogP contribution in [0.15, 0.2) is 67.1 Å². The van der Waals surface area contributed by atoms with Crippen LogP contribution in [0.4, 0.5) is 0 Å². The number of amides is 1. The average molecular weight is 428 g/mol. The van der Waals surface area contributed by atoms with Gasteiger partial charge in [-0.3, -0.25) is 9.78 Å². The van der Waals surface area contributed by atoms with E-state index >= 15 is 0 Å². The molecule has 0 atom stereocenters. The van der Waals surface area contributed by atoms with Gasteiger partial charge in [0, 0.05) is 61.6 Å². The maximum Gasteiger partial charge on any atom is 0.246 e. The number of aromatic nitrogens is 3. The van der Waals surface area contributed by atoms with E-state index in [1.165, 1.54) is 0 Å². The molecule has 1 fully saturated rings. The molecule has 0 bridgehead atoms. The normalized spacial score (nSPS) is 14.3. The van der Waals surface area contributed by atoms with Gasteiger partial charge < -0.3 is 9.64 Å².